The smallest absolute Gasteiger partial charge is 0.139 e. The molecule has 0 aromatic heterocycles. The quantitative estimate of drug-likeness (QED) is 0.730. The maximum absolute atomic E-state index is 5.84. The second-order valence-corrected chi connectivity index (χ2v) is 3.07. The molecule has 0 aliphatic carbocycles. The average molecular weight is 204 g/mol. The minimum Gasteiger partial charge on any atom is -0.492 e. The normalized spacial score (nSPS) is 9.92. The summed E-state index contributed by atoms with van der Waals surface area (Å²) in [4.78, 5) is 0. The molecule has 65 valence electrons. The molecule has 1 aromatic carbocycles. The summed E-state index contributed by atoms with van der Waals surface area (Å²) in [6.45, 7) is 2.69. The molecule has 1 nitrogen and oxygen atoms in total. The van der Waals surface area contributed by atoms with Gasteiger partial charge in [0.2, 0.25) is 0 Å². The Hall–Kier alpha value is -0.400. The Kier molecular flexibility index (Phi) is 3.70. The van der Waals surface area contributed by atoms with Crippen LogP contribution in [0.25, 0.3) is 0 Å². The van der Waals surface area contributed by atoms with Gasteiger partial charge in [-0.15, -0.1) is 0 Å². The van der Waals surface area contributed by atoms with E-state index >= 15 is 0 Å². The van der Waals surface area contributed by atoms with Crippen molar-refractivity contribution in [2.45, 2.75) is 13.3 Å². The Labute approximate surface area is 82.2 Å². The number of halogens is 2. The fraction of sp³-hybridized carbons (Fsp3) is 0.333. The fourth-order valence-electron chi connectivity index (χ4n) is 0.759. The van der Waals surface area contributed by atoms with E-state index < -0.39 is 0 Å². The van der Waals surface area contributed by atoms with Gasteiger partial charge in [-0.1, -0.05) is 30.1 Å². The van der Waals surface area contributed by atoms with Crippen LogP contribution in [-0.4, -0.2) is 6.61 Å². The predicted octanol–water partition coefficient (Wildman–Crippen LogP) is 3.58. The molecule has 0 aliphatic heterocycles. The minimum atomic E-state index is 0.408. The molecule has 0 bridgehead atoms. The van der Waals surface area contributed by atoms with Crippen molar-refractivity contribution in [2.75, 3.05) is 6.61 Å². The van der Waals surface area contributed by atoms with Gasteiger partial charge >= 0.3 is 0 Å². The van der Waals surface area contributed by atoms with Crippen LogP contribution < -0.4 is 4.74 Å². The van der Waals surface area contributed by atoms with Crippen molar-refractivity contribution in [1.29, 1.82) is 0 Å². The molecule has 0 amide bonds. The first kappa shape index (κ1) is 9.69. The van der Waals surface area contributed by atoms with E-state index in [1.54, 1.807) is 12.1 Å². The first-order valence-corrected chi connectivity index (χ1v) is 4.49. The molecule has 0 atom stereocenters. The SMILES string of the molecule is CCCOc1cc[c]c(Cl)c1Cl. The molecule has 0 spiro atoms. The van der Waals surface area contributed by atoms with E-state index in [1.165, 1.54) is 0 Å². The van der Waals surface area contributed by atoms with Crippen LogP contribution in [0.5, 0.6) is 5.75 Å². The highest BCUT2D eigenvalue weighted by molar-refractivity contribution is 6.42. The van der Waals surface area contributed by atoms with Gasteiger partial charge in [-0.2, -0.15) is 0 Å². The summed E-state index contributed by atoms with van der Waals surface area (Å²) in [7, 11) is 0. The van der Waals surface area contributed by atoms with E-state index in [9.17, 15) is 0 Å². The van der Waals surface area contributed by atoms with Gasteiger partial charge in [0.1, 0.15) is 10.8 Å². The van der Waals surface area contributed by atoms with E-state index in [1.807, 2.05) is 6.92 Å². The van der Waals surface area contributed by atoms with Crippen LogP contribution in [0.2, 0.25) is 10.0 Å². The zero-order valence-corrected chi connectivity index (χ0v) is 8.24. The van der Waals surface area contributed by atoms with Gasteiger partial charge in [0.05, 0.1) is 11.6 Å². The molecule has 1 aromatic rings. The lowest BCUT2D eigenvalue weighted by atomic mass is 10.3. The first-order valence-electron chi connectivity index (χ1n) is 3.74. The second kappa shape index (κ2) is 4.58. The lowest BCUT2D eigenvalue weighted by Gasteiger charge is -2.06. The van der Waals surface area contributed by atoms with E-state index in [0.29, 0.717) is 22.4 Å². The molecule has 12 heavy (non-hydrogen) atoms. The molecule has 3 heteroatoms. The lowest BCUT2D eigenvalue weighted by Crippen LogP contribution is -1.95. The zero-order valence-electron chi connectivity index (χ0n) is 6.73. The van der Waals surface area contributed by atoms with E-state index in [4.69, 9.17) is 27.9 Å². The highest BCUT2D eigenvalue weighted by Crippen LogP contribution is 2.30. The van der Waals surface area contributed by atoms with Crippen molar-refractivity contribution in [2.24, 2.45) is 0 Å². The maximum Gasteiger partial charge on any atom is 0.139 e. The Morgan fingerprint density at radius 1 is 1.50 bits per heavy atom. The third-order valence-electron chi connectivity index (χ3n) is 1.32. The van der Waals surface area contributed by atoms with Crippen molar-refractivity contribution in [1.82, 2.24) is 0 Å². The fourth-order valence-corrected chi connectivity index (χ4v) is 1.09. The number of rotatable bonds is 3. The molecule has 0 fully saturated rings. The third-order valence-corrected chi connectivity index (χ3v) is 2.09. The van der Waals surface area contributed by atoms with Crippen LogP contribution in [0, 0.1) is 6.07 Å². The highest BCUT2D eigenvalue weighted by atomic mass is 35.5. The van der Waals surface area contributed by atoms with Crippen LogP contribution in [0.3, 0.4) is 0 Å². The average Bonchev–Trinajstić information content (AvgIpc) is 2.08. The highest BCUT2D eigenvalue weighted by Gasteiger charge is 2.04. The predicted molar refractivity (Wildman–Crippen MR) is 51.1 cm³/mol. The van der Waals surface area contributed by atoms with E-state index in [0.717, 1.165) is 6.42 Å². The van der Waals surface area contributed by atoms with Crippen LogP contribution >= 0.6 is 23.2 Å². The van der Waals surface area contributed by atoms with E-state index in [-0.39, 0.29) is 0 Å². The van der Waals surface area contributed by atoms with Crippen molar-refractivity contribution in [3.63, 3.8) is 0 Å². The van der Waals surface area contributed by atoms with Crippen LogP contribution in [0.1, 0.15) is 13.3 Å². The number of hydrogen-bond acceptors (Lipinski definition) is 1. The topological polar surface area (TPSA) is 9.23 Å². The van der Waals surface area contributed by atoms with E-state index in [2.05, 4.69) is 6.07 Å². The molecule has 0 saturated heterocycles. The van der Waals surface area contributed by atoms with Gasteiger partial charge in [-0.25, -0.2) is 0 Å². The van der Waals surface area contributed by atoms with Crippen LogP contribution in [0.15, 0.2) is 12.1 Å². The zero-order chi connectivity index (χ0) is 8.97. The molecule has 0 saturated carbocycles. The standard InChI is InChI=1S/C9H9Cl2O/c1-2-6-12-8-5-3-4-7(10)9(8)11/h3,5H,2,6H2,1H3. The van der Waals surface area contributed by atoms with Gasteiger partial charge in [-0.3, -0.25) is 0 Å². The molecule has 1 radical (unpaired) electrons. The second-order valence-electron chi connectivity index (χ2n) is 2.32. The molecule has 0 unspecified atom stereocenters. The molecule has 1 rings (SSSR count). The van der Waals surface area contributed by atoms with Crippen molar-refractivity contribution >= 4 is 23.2 Å². The summed E-state index contributed by atoms with van der Waals surface area (Å²) in [5.74, 6) is 0.627. The van der Waals surface area contributed by atoms with Gasteiger partial charge in [-0.05, 0) is 18.6 Å². The Morgan fingerprint density at radius 3 is 2.92 bits per heavy atom. The summed E-state index contributed by atoms with van der Waals surface area (Å²) in [5.41, 5.74) is 0. The van der Waals surface area contributed by atoms with Gasteiger partial charge in [0, 0.05) is 6.07 Å². The number of hydrogen-bond donors (Lipinski definition) is 0. The molecule has 0 aliphatic rings. The van der Waals surface area contributed by atoms with Crippen molar-refractivity contribution in [3.8, 4) is 5.75 Å². The molecular weight excluding hydrogens is 195 g/mol. The summed E-state index contributed by atoms with van der Waals surface area (Å²) in [6.07, 6.45) is 0.951. The molecule has 0 N–H and O–H groups in total. The van der Waals surface area contributed by atoms with Crippen LogP contribution in [-0.2, 0) is 0 Å². The number of ether oxygens (including phenoxy) is 1. The molecular formula is C9H9Cl2O. The monoisotopic (exact) mass is 203 g/mol. The van der Waals surface area contributed by atoms with Gasteiger partial charge in [0.15, 0.2) is 0 Å². The molecule has 0 heterocycles. The van der Waals surface area contributed by atoms with Crippen molar-refractivity contribution < 1.29 is 4.74 Å². The summed E-state index contributed by atoms with van der Waals surface area (Å²) >= 11 is 11.6. The summed E-state index contributed by atoms with van der Waals surface area (Å²) < 4.78 is 5.33. The van der Waals surface area contributed by atoms with Crippen molar-refractivity contribution in [3.05, 3.63) is 28.2 Å². The Balaban J connectivity index is 2.78. The largest absolute Gasteiger partial charge is 0.492 e. The van der Waals surface area contributed by atoms with Crippen LogP contribution in [0.4, 0.5) is 0 Å². The summed E-state index contributed by atoms with van der Waals surface area (Å²) in [6, 6.07) is 6.22. The maximum atomic E-state index is 5.84. The minimum absolute atomic E-state index is 0.408. The Bertz CT molecular complexity index is 261. The first-order chi connectivity index (χ1) is 5.75. The number of benzene rings is 1. The summed E-state index contributed by atoms with van der Waals surface area (Å²) in [5, 5.41) is 0.845. The third kappa shape index (κ3) is 2.29. The Morgan fingerprint density at radius 2 is 2.25 bits per heavy atom. The van der Waals surface area contributed by atoms with Gasteiger partial charge < -0.3 is 4.74 Å². The van der Waals surface area contributed by atoms with Gasteiger partial charge in [0.25, 0.3) is 0 Å². The lowest BCUT2D eigenvalue weighted by molar-refractivity contribution is 0.317.